The lowest BCUT2D eigenvalue weighted by Crippen LogP contribution is -2.24. The number of carbonyl (C=O) groups is 1. The van der Waals surface area contributed by atoms with Crippen molar-refractivity contribution in [3.05, 3.63) is 60.8 Å². The third kappa shape index (κ3) is 5.71. The Kier molecular flexibility index (Phi) is 6.66. The molecule has 8 nitrogen and oxygen atoms in total. The molecule has 1 amide bonds. The van der Waals surface area contributed by atoms with Crippen LogP contribution in [0, 0.1) is 5.92 Å². The van der Waals surface area contributed by atoms with Crippen molar-refractivity contribution in [3.8, 4) is 16.9 Å². The second-order valence-electron chi connectivity index (χ2n) is 7.59. The van der Waals surface area contributed by atoms with E-state index in [-0.39, 0.29) is 5.75 Å². The fraction of sp³-hybridized carbons (Fsp3) is 0.273. The summed E-state index contributed by atoms with van der Waals surface area (Å²) < 4.78 is 29.8. The summed E-state index contributed by atoms with van der Waals surface area (Å²) in [5.74, 6) is 0.581. The van der Waals surface area contributed by atoms with Crippen LogP contribution in [0.5, 0.6) is 5.75 Å². The second kappa shape index (κ2) is 9.63. The van der Waals surface area contributed by atoms with E-state index in [9.17, 15) is 13.6 Å². The average Bonchev–Trinajstić information content (AvgIpc) is 3.29. The number of carbonyl (C=O) groups excluding carboxylic acids is 1. The standard InChI is InChI=1S/C22H21ClF2N6O2/c23-22(24,25)33-18-3-1-17(2-4-18)30-21(32)15-7-19(16-9-27-13-28-10-16)20(29-11-15)31-6-5-14(8-26)12-31/h1-4,7,9-11,13-14H,5-6,8,12,26H2,(H,30,32). The number of alkyl halides is 3. The van der Waals surface area contributed by atoms with Gasteiger partial charge in [0.15, 0.2) is 0 Å². The lowest BCUT2D eigenvalue weighted by atomic mass is 10.1. The van der Waals surface area contributed by atoms with E-state index in [1.807, 2.05) is 0 Å². The zero-order valence-corrected chi connectivity index (χ0v) is 18.2. The third-order valence-corrected chi connectivity index (χ3v) is 5.34. The van der Waals surface area contributed by atoms with Gasteiger partial charge in [-0.15, -0.1) is 8.78 Å². The topological polar surface area (TPSA) is 106 Å². The second-order valence-corrected chi connectivity index (χ2v) is 8.03. The Morgan fingerprint density at radius 3 is 2.61 bits per heavy atom. The Balaban J connectivity index is 1.57. The largest absolute Gasteiger partial charge is 0.487 e. The number of nitrogens with zero attached hydrogens (tertiary/aromatic N) is 4. The molecule has 0 spiro atoms. The number of hydrogen-bond acceptors (Lipinski definition) is 7. The van der Waals surface area contributed by atoms with E-state index in [0.717, 1.165) is 36.5 Å². The number of ether oxygens (including phenoxy) is 1. The van der Waals surface area contributed by atoms with E-state index in [4.69, 9.17) is 17.3 Å². The van der Waals surface area contributed by atoms with Gasteiger partial charge in [-0.1, -0.05) is 0 Å². The number of amides is 1. The number of hydrogen-bond donors (Lipinski definition) is 2. The maximum Gasteiger partial charge on any atom is 0.487 e. The van der Waals surface area contributed by atoms with Gasteiger partial charge in [0.25, 0.3) is 5.91 Å². The first kappa shape index (κ1) is 22.8. The van der Waals surface area contributed by atoms with Crippen LogP contribution >= 0.6 is 11.6 Å². The van der Waals surface area contributed by atoms with E-state index in [2.05, 4.69) is 29.9 Å². The quantitative estimate of drug-likeness (QED) is 0.502. The predicted octanol–water partition coefficient (Wildman–Crippen LogP) is 3.74. The van der Waals surface area contributed by atoms with E-state index in [1.54, 1.807) is 18.5 Å². The maximum atomic E-state index is 12.9. The summed E-state index contributed by atoms with van der Waals surface area (Å²) >= 11 is 4.76. The maximum absolute atomic E-state index is 12.9. The number of anilines is 2. The van der Waals surface area contributed by atoms with Crippen LogP contribution in [0.15, 0.2) is 55.2 Å². The molecule has 1 aliphatic heterocycles. The van der Waals surface area contributed by atoms with Crippen LogP contribution < -0.4 is 20.7 Å². The number of benzene rings is 1. The van der Waals surface area contributed by atoms with Crippen LogP contribution in [0.2, 0.25) is 0 Å². The van der Waals surface area contributed by atoms with E-state index in [0.29, 0.717) is 23.7 Å². The van der Waals surface area contributed by atoms with Gasteiger partial charge < -0.3 is 20.7 Å². The molecule has 3 N–H and O–H groups in total. The number of rotatable bonds is 7. The van der Waals surface area contributed by atoms with Crippen molar-refractivity contribution in [3.63, 3.8) is 0 Å². The van der Waals surface area contributed by atoms with Crippen molar-refractivity contribution in [1.82, 2.24) is 15.0 Å². The first-order valence-electron chi connectivity index (χ1n) is 10.2. The van der Waals surface area contributed by atoms with E-state index in [1.165, 1.54) is 36.8 Å². The van der Waals surface area contributed by atoms with Crippen molar-refractivity contribution in [2.24, 2.45) is 11.7 Å². The van der Waals surface area contributed by atoms with Crippen LogP contribution in [-0.2, 0) is 0 Å². The summed E-state index contributed by atoms with van der Waals surface area (Å²) in [5, 5.41) is 2.72. The van der Waals surface area contributed by atoms with Gasteiger partial charge in [0.05, 0.1) is 5.56 Å². The summed E-state index contributed by atoms with van der Waals surface area (Å²) in [6, 6.07) is 7.15. The van der Waals surface area contributed by atoms with Crippen molar-refractivity contribution >= 4 is 29.0 Å². The first-order valence-corrected chi connectivity index (χ1v) is 10.6. The molecule has 3 heterocycles. The molecule has 0 saturated carbocycles. The highest BCUT2D eigenvalue weighted by molar-refractivity contribution is 6.20. The molecule has 1 unspecified atom stereocenters. The molecular formula is C22H21ClF2N6O2. The van der Waals surface area contributed by atoms with E-state index < -0.39 is 11.5 Å². The van der Waals surface area contributed by atoms with Crippen LogP contribution in [-0.4, -0.2) is 46.1 Å². The molecular weight excluding hydrogens is 454 g/mol. The Morgan fingerprint density at radius 2 is 1.97 bits per heavy atom. The number of halogens is 3. The van der Waals surface area contributed by atoms with Gasteiger partial charge in [0.2, 0.25) is 0 Å². The molecule has 4 rings (SSSR count). The summed E-state index contributed by atoms with van der Waals surface area (Å²) in [6.45, 7) is 2.20. The lowest BCUT2D eigenvalue weighted by molar-refractivity contribution is -0.0964. The molecule has 172 valence electrons. The Hall–Kier alpha value is -3.37. The lowest BCUT2D eigenvalue weighted by Gasteiger charge is -2.21. The number of nitrogens with one attached hydrogen (secondary N) is 1. The number of pyridine rings is 1. The smallest absolute Gasteiger partial charge is 0.420 e. The summed E-state index contributed by atoms with van der Waals surface area (Å²) in [7, 11) is 0. The van der Waals surface area contributed by atoms with Crippen molar-refractivity contribution in [1.29, 1.82) is 0 Å². The monoisotopic (exact) mass is 474 g/mol. The third-order valence-electron chi connectivity index (χ3n) is 5.26. The minimum absolute atomic E-state index is 0.133. The fourth-order valence-corrected chi connectivity index (χ4v) is 3.73. The number of nitrogens with two attached hydrogens (primary N) is 1. The van der Waals surface area contributed by atoms with Gasteiger partial charge in [0, 0.05) is 60.1 Å². The molecule has 1 saturated heterocycles. The zero-order chi connectivity index (χ0) is 23.4. The van der Waals surface area contributed by atoms with Gasteiger partial charge in [0.1, 0.15) is 17.9 Å². The molecule has 1 atom stereocenters. The molecule has 1 fully saturated rings. The minimum Gasteiger partial charge on any atom is -0.420 e. The fourth-order valence-electron chi connectivity index (χ4n) is 3.64. The molecule has 0 bridgehead atoms. The molecule has 3 aromatic rings. The zero-order valence-electron chi connectivity index (χ0n) is 17.4. The molecule has 0 aliphatic carbocycles. The summed E-state index contributed by atoms with van der Waals surface area (Å²) in [5.41, 5.74) is 4.19. The highest BCUT2D eigenvalue weighted by atomic mass is 35.5. The van der Waals surface area contributed by atoms with Gasteiger partial charge in [-0.3, -0.25) is 4.79 Å². The average molecular weight is 475 g/mol. The van der Waals surface area contributed by atoms with Crippen LogP contribution in [0.1, 0.15) is 16.8 Å². The first-order chi connectivity index (χ1) is 15.8. The predicted molar refractivity (Wildman–Crippen MR) is 120 cm³/mol. The normalized spacial score (nSPS) is 16.0. The Bertz CT molecular complexity index is 1110. The highest BCUT2D eigenvalue weighted by Gasteiger charge is 2.28. The SMILES string of the molecule is NCC1CCN(c2ncc(C(=O)Nc3ccc(OC(F)(F)Cl)cc3)cc2-c2cncnc2)C1. The van der Waals surface area contributed by atoms with Crippen molar-refractivity contribution in [2.45, 2.75) is 12.0 Å². The van der Waals surface area contributed by atoms with Gasteiger partial charge >= 0.3 is 5.57 Å². The molecule has 1 aliphatic rings. The van der Waals surface area contributed by atoms with Crippen LogP contribution in [0.3, 0.4) is 0 Å². The van der Waals surface area contributed by atoms with Crippen LogP contribution in [0.4, 0.5) is 20.3 Å². The molecule has 11 heteroatoms. The molecule has 1 aromatic carbocycles. The Labute approximate surface area is 193 Å². The van der Waals surface area contributed by atoms with Gasteiger partial charge in [-0.05, 0) is 49.2 Å². The molecule has 2 aromatic heterocycles. The van der Waals surface area contributed by atoms with E-state index >= 15 is 0 Å². The Morgan fingerprint density at radius 1 is 1.24 bits per heavy atom. The molecule has 0 radical (unpaired) electrons. The molecule has 33 heavy (non-hydrogen) atoms. The van der Waals surface area contributed by atoms with Crippen molar-refractivity contribution in [2.75, 3.05) is 29.9 Å². The summed E-state index contributed by atoms with van der Waals surface area (Å²) in [4.78, 5) is 27.7. The van der Waals surface area contributed by atoms with Crippen molar-refractivity contribution < 1.29 is 18.3 Å². The van der Waals surface area contributed by atoms with Gasteiger partial charge in [-0.2, -0.15) is 0 Å². The van der Waals surface area contributed by atoms with Crippen LogP contribution in [0.25, 0.3) is 11.1 Å². The summed E-state index contributed by atoms with van der Waals surface area (Å²) in [6.07, 6.45) is 7.23. The van der Waals surface area contributed by atoms with Gasteiger partial charge in [-0.25, -0.2) is 15.0 Å². The minimum atomic E-state index is -3.81. The highest BCUT2D eigenvalue weighted by Crippen LogP contribution is 2.32. The number of aromatic nitrogens is 3.